The van der Waals surface area contributed by atoms with Crippen molar-refractivity contribution in [3.63, 3.8) is 0 Å². The molecule has 0 aliphatic carbocycles. The SMILES string of the molecule is c1ccc(-c2nc3c(ccc4oc5ccc(N(c6ccc7c(c6)oc6ccccc67)c6ccc7sc8ccccc8c7c6)cc5c43)o2)cc1. The summed E-state index contributed by atoms with van der Waals surface area (Å²) in [5, 5.41) is 6.61. The van der Waals surface area contributed by atoms with E-state index in [1.807, 2.05) is 65.9 Å². The van der Waals surface area contributed by atoms with Crippen molar-refractivity contribution in [3.8, 4) is 11.5 Å². The zero-order valence-electron chi connectivity index (χ0n) is 25.9. The number of rotatable bonds is 4. The van der Waals surface area contributed by atoms with Crippen molar-refractivity contribution >= 4 is 104 Å². The smallest absolute Gasteiger partial charge is 0.227 e. The summed E-state index contributed by atoms with van der Waals surface area (Å²) in [5.41, 5.74) is 8.78. The van der Waals surface area contributed by atoms with Gasteiger partial charge in [-0.1, -0.05) is 54.6 Å². The van der Waals surface area contributed by atoms with E-state index in [0.29, 0.717) is 5.89 Å². The molecule has 0 fully saturated rings. The number of nitrogens with zero attached hydrogens (tertiary/aromatic N) is 2. The van der Waals surface area contributed by atoms with Crippen molar-refractivity contribution < 1.29 is 13.3 Å². The molecule has 11 aromatic rings. The normalized spacial score (nSPS) is 12.1. The Labute approximate surface area is 282 Å². The van der Waals surface area contributed by atoms with Crippen LogP contribution in [0.1, 0.15) is 0 Å². The first kappa shape index (κ1) is 26.7. The number of thiophene rings is 1. The number of aromatic nitrogens is 1. The minimum atomic E-state index is 0.589. The van der Waals surface area contributed by atoms with E-state index in [2.05, 4.69) is 95.9 Å². The van der Waals surface area contributed by atoms with Crippen molar-refractivity contribution in [2.75, 3.05) is 4.90 Å². The lowest BCUT2D eigenvalue weighted by molar-refractivity contribution is 0.619. The lowest BCUT2D eigenvalue weighted by Crippen LogP contribution is -2.09. The fourth-order valence-corrected chi connectivity index (χ4v) is 8.33. The third kappa shape index (κ3) is 4.01. The van der Waals surface area contributed by atoms with E-state index >= 15 is 0 Å². The molecule has 0 N–H and O–H groups in total. The number of benzene rings is 7. The van der Waals surface area contributed by atoms with E-state index in [-0.39, 0.29) is 0 Å². The van der Waals surface area contributed by atoms with Crippen LogP contribution in [0.5, 0.6) is 0 Å². The molecule has 0 bridgehead atoms. The third-order valence-electron chi connectivity index (χ3n) is 9.49. The van der Waals surface area contributed by atoms with Crippen molar-refractivity contribution in [1.29, 1.82) is 0 Å². The van der Waals surface area contributed by atoms with Crippen LogP contribution in [0.4, 0.5) is 17.1 Å². The van der Waals surface area contributed by atoms with E-state index in [4.69, 9.17) is 18.2 Å². The number of furan rings is 2. The minimum absolute atomic E-state index is 0.589. The van der Waals surface area contributed by atoms with Crippen LogP contribution >= 0.6 is 11.3 Å². The van der Waals surface area contributed by atoms with E-state index in [0.717, 1.165) is 77.6 Å². The molecule has 0 saturated carbocycles. The largest absolute Gasteiger partial charge is 0.456 e. The summed E-state index contributed by atoms with van der Waals surface area (Å²) in [6.45, 7) is 0. The molecule has 0 aliphatic heterocycles. The van der Waals surface area contributed by atoms with E-state index < -0.39 is 0 Å². The molecule has 0 amide bonds. The summed E-state index contributed by atoms with van der Waals surface area (Å²) in [6.07, 6.45) is 0. The van der Waals surface area contributed by atoms with Gasteiger partial charge in [-0.05, 0) is 84.9 Å². The second-order valence-electron chi connectivity index (χ2n) is 12.3. The summed E-state index contributed by atoms with van der Waals surface area (Å²) < 4.78 is 21.6. The highest BCUT2D eigenvalue weighted by molar-refractivity contribution is 7.25. The van der Waals surface area contributed by atoms with Gasteiger partial charge in [0, 0.05) is 65.0 Å². The lowest BCUT2D eigenvalue weighted by Gasteiger charge is -2.25. The molecule has 0 unspecified atom stereocenters. The molecule has 49 heavy (non-hydrogen) atoms. The third-order valence-corrected chi connectivity index (χ3v) is 10.6. The van der Waals surface area contributed by atoms with E-state index in [1.165, 1.54) is 20.2 Å². The van der Waals surface area contributed by atoms with Gasteiger partial charge in [0.1, 0.15) is 27.8 Å². The number of fused-ring (bicyclic) bond motifs is 11. The van der Waals surface area contributed by atoms with Gasteiger partial charge in [0.05, 0.1) is 5.39 Å². The number of oxazole rings is 1. The lowest BCUT2D eigenvalue weighted by atomic mass is 10.1. The molecule has 0 saturated heterocycles. The zero-order chi connectivity index (χ0) is 32.1. The Bertz CT molecular complexity index is 3070. The van der Waals surface area contributed by atoms with Crippen molar-refractivity contribution in [2.24, 2.45) is 0 Å². The number of anilines is 3. The Morgan fingerprint density at radius 2 is 1.06 bits per heavy atom. The number of para-hydroxylation sites is 1. The maximum absolute atomic E-state index is 6.39. The van der Waals surface area contributed by atoms with Crippen LogP contribution < -0.4 is 4.90 Å². The predicted octanol–water partition coefficient (Wildman–Crippen LogP) is 13.1. The van der Waals surface area contributed by atoms with Gasteiger partial charge in [0.2, 0.25) is 5.89 Å². The second-order valence-corrected chi connectivity index (χ2v) is 13.4. The van der Waals surface area contributed by atoms with Gasteiger partial charge in [-0.2, -0.15) is 0 Å². The molecule has 0 aliphatic rings. The minimum Gasteiger partial charge on any atom is -0.456 e. The molecule has 5 nitrogen and oxygen atoms in total. The van der Waals surface area contributed by atoms with Gasteiger partial charge in [0.15, 0.2) is 5.58 Å². The van der Waals surface area contributed by atoms with Crippen LogP contribution in [0, 0.1) is 0 Å². The van der Waals surface area contributed by atoms with Gasteiger partial charge in [0.25, 0.3) is 0 Å². The van der Waals surface area contributed by atoms with E-state index in [9.17, 15) is 0 Å². The van der Waals surface area contributed by atoms with Crippen molar-refractivity contribution in [2.45, 2.75) is 0 Å². The first-order valence-electron chi connectivity index (χ1n) is 16.2. The Balaban J connectivity index is 1.16. The molecule has 230 valence electrons. The first-order valence-corrected chi connectivity index (χ1v) is 17.0. The van der Waals surface area contributed by atoms with Crippen molar-refractivity contribution in [1.82, 2.24) is 4.98 Å². The summed E-state index contributed by atoms with van der Waals surface area (Å²) in [7, 11) is 0. The average molecular weight is 649 g/mol. The average Bonchev–Trinajstić information content (AvgIpc) is 3.92. The number of hydrogen-bond acceptors (Lipinski definition) is 6. The van der Waals surface area contributed by atoms with Crippen LogP contribution in [0.3, 0.4) is 0 Å². The highest BCUT2D eigenvalue weighted by Crippen LogP contribution is 2.44. The Morgan fingerprint density at radius 3 is 1.98 bits per heavy atom. The molecule has 4 aromatic heterocycles. The topological polar surface area (TPSA) is 55.6 Å². The summed E-state index contributed by atoms with van der Waals surface area (Å²) in [5.74, 6) is 0.589. The predicted molar refractivity (Wildman–Crippen MR) is 202 cm³/mol. The molecular formula is C43H24N2O3S. The van der Waals surface area contributed by atoms with Crippen molar-refractivity contribution in [3.05, 3.63) is 146 Å². The molecule has 4 heterocycles. The number of hydrogen-bond donors (Lipinski definition) is 0. The fourth-order valence-electron chi connectivity index (χ4n) is 7.24. The molecular weight excluding hydrogens is 625 g/mol. The van der Waals surface area contributed by atoms with Gasteiger partial charge >= 0.3 is 0 Å². The summed E-state index contributed by atoms with van der Waals surface area (Å²) >= 11 is 1.82. The van der Waals surface area contributed by atoms with Crippen LogP contribution in [0.15, 0.2) is 159 Å². The second kappa shape index (κ2) is 10.1. The first-order chi connectivity index (χ1) is 24.2. The molecule has 11 rings (SSSR count). The molecule has 6 heteroatoms. The standard InChI is InChI=1S/C43H24N2O3S/c1-2-8-25(9-3-1)43-44-42-37(48-43)20-19-36-41(42)33-23-26(15-18-35(33)46-36)45(27-16-21-40-32(22-27)31-11-5-7-13-39(31)49-40)28-14-17-30-29-10-4-6-12-34(29)47-38(30)24-28/h1-24H. The Morgan fingerprint density at radius 1 is 0.429 bits per heavy atom. The molecule has 0 radical (unpaired) electrons. The maximum atomic E-state index is 6.39. The maximum Gasteiger partial charge on any atom is 0.227 e. The van der Waals surface area contributed by atoms with Crippen LogP contribution in [-0.4, -0.2) is 4.98 Å². The van der Waals surface area contributed by atoms with Gasteiger partial charge < -0.3 is 18.2 Å². The molecule has 0 spiro atoms. The zero-order valence-corrected chi connectivity index (χ0v) is 26.7. The molecule has 7 aromatic carbocycles. The summed E-state index contributed by atoms with van der Waals surface area (Å²) in [4.78, 5) is 7.29. The van der Waals surface area contributed by atoms with Gasteiger partial charge in [-0.25, -0.2) is 4.98 Å². The Kier molecular flexibility index (Phi) is 5.48. The monoisotopic (exact) mass is 648 g/mol. The van der Waals surface area contributed by atoms with Crippen LogP contribution in [0.2, 0.25) is 0 Å². The highest BCUT2D eigenvalue weighted by atomic mass is 32.1. The highest BCUT2D eigenvalue weighted by Gasteiger charge is 2.21. The fraction of sp³-hybridized carbons (Fsp3) is 0. The van der Waals surface area contributed by atoms with E-state index in [1.54, 1.807) is 0 Å². The van der Waals surface area contributed by atoms with Crippen LogP contribution in [0.25, 0.3) is 86.6 Å². The Hall–Kier alpha value is -6.37. The summed E-state index contributed by atoms with van der Waals surface area (Å²) in [6, 6.07) is 50.3. The van der Waals surface area contributed by atoms with Gasteiger partial charge in [-0.3, -0.25) is 0 Å². The quantitative estimate of drug-likeness (QED) is 0.190. The van der Waals surface area contributed by atoms with Gasteiger partial charge in [-0.15, -0.1) is 11.3 Å². The molecule has 0 atom stereocenters. The van der Waals surface area contributed by atoms with Crippen LogP contribution in [-0.2, 0) is 0 Å².